The molecule has 6 nitrogen and oxygen atoms in total. The minimum Gasteiger partial charge on any atom is -0.486 e. The molecule has 3 rings (SSSR count). The predicted molar refractivity (Wildman–Crippen MR) is 98.7 cm³/mol. The van der Waals surface area contributed by atoms with Crippen LogP contribution in [0.2, 0.25) is 0 Å². The molecule has 2 aromatic rings. The van der Waals surface area contributed by atoms with E-state index in [4.69, 9.17) is 14.7 Å². The highest BCUT2D eigenvalue weighted by Crippen LogP contribution is 2.19. The molecule has 6 heteroatoms. The van der Waals surface area contributed by atoms with Crippen LogP contribution >= 0.6 is 0 Å². The fourth-order valence-electron chi connectivity index (χ4n) is 2.91. The lowest BCUT2D eigenvalue weighted by molar-refractivity contribution is -0.0135. The van der Waals surface area contributed by atoms with Crippen LogP contribution in [0.4, 0.5) is 0 Å². The maximum absolute atomic E-state index is 12.6. The number of ketones is 1. The highest BCUT2D eigenvalue weighted by molar-refractivity contribution is 5.99. The number of nitrogens with one attached hydrogen (secondary N) is 1. The third-order valence-corrected chi connectivity index (χ3v) is 4.42. The summed E-state index contributed by atoms with van der Waals surface area (Å²) in [6, 6.07) is 15.3. The van der Waals surface area contributed by atoms with Crippen LogP contribution < -0.4 is 10.1 Å². The Morgan fingerprint density at radius 3 is 2.63 bits per heavy atom. The number of Topliss-reactive ketones (excluding diaryl/α,β-unsaturated/α-hetero) is 1. The summed E-state index contributed by atoms with van der Waals surface area (Å²) in [6.07, 6.45) is 0.283. The van der Waals surface area contributed by atoms with Crippen LogP contribution in [-0.4, -0.2) is 37.0 Å². The van der Waals surface area contributed by atoms with Crippen LogP contribution in [0.15, 0.2) is 48.5 Å². The molecule has 1 aliphatic rings. The topological polar surface area (TPSA) is 88.4 Å². The maximum Gasteiger partial charge on any atom is 0.251 e. The van der Waals surface area contributed by atoms with E-state index in [9.17, 15) is 9.59 Å². The molecule has 1 aliphatic heterocycles. The summed E-state index contributed by atoms with van der Waals surface area (Å²) in [5.74, 6) is 0.276. The van der Waals surface area contributed by atoms with Crippen molar-refractivity contribution >= 4 is 11.7 Å². The molecular formula is C21H20N2O4. The number of hydrogen-bond acceptors (Lipinski definition) is 5. The number of carbonyl (C=O) groups excluding carboxylic acids is 2. The molecule has 1 saturated heterocycles. The second-order valence-electron chi connectivity index (χ2n) is 6.37. The Hall–Kier alpha value is -3.17. The average Bonchev–Trinajstić information content (AvgIpc) is 2.70. The van der Waals surface area contributed by atoms with E-state index in [1.54, 1.807) is 48.5 Å². The van der Waals surface area contributed by atoms with Gasteiger partial charge < -0.3 is 14.8 Å². The zero-order valence-electron chi connectivity index (χ0n) is 15.0. The molecule has 27 heavy (non-hydrogen) atoms. The number of hydrogen-bond donors (Lipinski definition) is 1. The Balaban J connectivity index is 1.69. The zero-order valence-corrected chi connectivity index (χ0v) is 15.0. The van der Waals surface area contributed by atoms with Gasteiger partial charge in [0.1, 0.15) is 11.9 Å². The molecule has 1 fully saturated rings. The van der Waals surface area contributed by atoms with E-state index in [0.717, 1.165) is 0 Å². The largest absolute Gasteiger partial charge is 0.486 e. The smallest absolute Gasteiger partial charge is 0.251 e. The van der Waals surface area contributed by atoms with Crippen LogP contribution in [0.3, 0.4) is 0 Å². The summed E-state index contributed by atoms with van der Waals surface area (Å²) >= 11 is 0. The van der Waals surface area contributed by atoms with Gasteiger partial charge >= 0.3 is 0 Å². The maximum atomic E-state index is 12.6. The van der Waals surface area contributed by atoms with Gasteiger partial charge in [0, 0.05) is 17.7 Å². The molecule has 1 amide bonds. The van der Waals surface area contributed by atoms with E-state index in [1.165, 1.54) is 6.92 Å². The first-order valence-corrected chi connectivity index (χ1v) is 8.73. The first-order valence-electron chi connectivity index (χ1n) is 8.73. The van der Waals surface area contributed by atoms with Crippen molar-refractivity contribution < 1.29 is 19.1 Å². The van der Waals surface area contributed by atoms with Gasteiger partial charge in [0.05, 0.1) is 24.3 Å². The molecule has 0 bridgehead atoms. The lowest BCUT2D eigenvalue weighted by Crippen LogP contribution is -2.51. The van der Waals surface area contributed by atoms with Gasteiger partial charge in [0.2, 0.25) is 0 Å². The molecule has 2 aromatic carbocycles. The van der Waals surface area contributed by atoms with Gasteiger partial charge in [-0.2, -0.15) is 5.26 Å². The van der Waals surface area contributed by atoms with E-state index in [0.29, 0.717) is 42.1 Å². The zero-order chi connectivity index (χ0) is 19.2. The Kier molecular flexibility index (Phi) is 5.84. The molecule has 2 atom stereocenters. The van der Waals surface area contributed by atoms with E-state index < -0.39 is 0 Å². The van der Waals surface area contributed by atoms with Crippen molar-refractivity contribution in [2.45, 2.75) is 25.5 Å². The first-order chi connectivity index (χ1) is 13.1. The number of benzene rings is 2. The number of rotatable bonds is 5. The molecule has 0 unspecified atom stereocenters. The van der Waals surface area contributed by atoms with Crippen LogP contribution in [0.5, 0.6) is 5.75 Å². The molecular weight excluding hydrogens is 344 g/mol. The van der Waals surface area contributed by atoms with Crippen LogP contribution in [0, 0.1) is 11.3 Å². The van der Waals surface area contributed by atoms with Gasteiger partial charge in [-0.25, -0.2) is 0 Å². The van der Waals surface area contributed by atoms with Crippen molar-refractivity contribution in [1.82, 2.24) is 5.32 Å². The van der Waals surface area contributed by atoms with Gasteiger partial charge in [-0.05, 0) is 49.7 Å². The SMILES string of the molecule is CC(=O)c1cccc(C(=O)N[C@@H]2CCOC[C@H]2Oc2ccc(C#N)cc2)c1. The fourth-order valence-corrected chi connectivity index (χ4v) is 2.91. The molecule has 0 aliphatic carbocycles. The lowest BCUT2D eigenvalue weighted by atomic mass is 10.0. The van der Waals surface area contributed by atoms with Crippen LogP contribution in [0.25, 0.3) is 0 Å². The molecule has 0 spiro atoms. The third kappa shape index (κ3) is 4.72. The summed E-state index contributed by atoms with van der Waals surface area (Å²) < 4.78 is 11.5. The Labute approximate surface area is 157 Å². The van der Waals surface area contributed by atoms with Crippen molar-refractivity contribution in [3.05, 3.63) is 65.2 Å². The van der Waals surface area contributed by atoms with Gasteiger partial charge in [-0.15, -0.1) is 0 Å². The summed E-state index contributed by atoms with van der Waals surface area (Å²) in [6.45, 7) is 2.36. The second kappa shape index (κ2) is 8.47. The quantitative estimate of drug-likeness (QED) is 0.824. The van der Waals surface area contributed by atoms with E-state index in [1.807, 2.05) is 0 Å². The summed E-state index contributed by atoms with van der Waals surface area (Å²) in [5, 5.41) is 11.9. The van der Waals surface area contributed by atoms with Crippen LogP contribution in [0.1, 0.15) is 39.6 Å². The van der Waals surface area contributed by atoms with Crippen molar-refractivity contribution in [1.29, 1.82) is 5.26 Å². The molecule has 1 heterocycles. The highest BCUT2D eigenvalue weighted by atomic mass is 16.5. The predicted octanol–water partition coefficient (Wildman–Crippen LogP) is 2.73. The van der Waals surface area contributed by atoms with E-state index >= 15 is 0 Å². The Morgan fingerprint density at radius 1 is 1.19 bits per heavy atom. The highest BCUT2D eigenvalue weighted by Gasteiger charge is 2.29. The summed E-state index contributed by atoms with van der Waals surface area (Å²) in [7, 11) is 0. The minimum atomic E-state index is -0.341. The lowest BCUT2D eigenvalue weighted by Gasteiger charge is -2.32. The number of amides is 1. The normalized spacial score (nSPS) is 19.0. The van der Waals surface area contributed by atoms with Gasteiger partial charge in [0.15, 0.2) is 5.78 Å². The average molecular weight is 364 g/mol. The number of carbonyl (C=O) groups is 2. The first kappa shape index (κ1) is 18.6. The van der Waals surface area contributed by atoms with Gasteiger partial charge in [-0.1, -0.05) is 12.1 Å². The van der Waals surface area contributed by atoms with Crippen molar-refractivity contribution in [2.75, 3.05) is 13.2 Å². The monoisotopic (exact) mass is 364 g/mol. The molecule has 0 radical (unpaired) electrons. The number of nitrogens with zero attached hydrogens (tertiary/aromatic N) is 1. The Bertz CT molecular complexity index is 870. The fraction of sp³-hybridized carbons (Fsp3) is 0.286. The van der Waals surface area contributed by atoms with Crippen LogP contribution in [-0.2, 0) is 4.74 Å². The van der Waals surface area contributed by atoms with E-state index in [-0.39, 0.29) is 23.8 Å². The molecule has 138 valence electrons. The number of nitriles is 1. The minimum absolute atomic E-state index is 0.0854. The number of ether oxygens (including phenoxy) is 2. The molecule has 0 saturated carbocycles. The standard InChI is InChI=1S/C21H20N2O4/c1-14(24)16-3-2-4-17(11-16)21(25)23-19-9-10-26-13-20(19)27-18-7-5-15(12-22)6-8-18/h2-8,11,19-20H,9-10,13H2,1H3,(H,23,25)/t19-,20-/m1/s1. The van der Waals surface area contributed by atoms with Gasteiger partial charge in [-0.3, -0.25) is 9.59 Å². The molecule has 1 N–H and O–H groups in total. The van der Waals surface area contributed by atoms with Gasteiger partial charge in [0.25, 0.3) is 5.91 Å². The second-order valence-corrected chi connectivity index (χ2v) is 6.37. The third-order valence-electron chi connectivity index (χ3n) is 4.42. The van der Waals surface area contributed by atoms with Crippen molar-refractivity contribution in [2.24, 2.45) is 0 Å². The Morgan fingerprint density at radius 2 is 1.93 bits per heavy atom. The summed E-state index contributed by atoms with van der Waals surface area (Å²) in [4.78, 5) is 24.1. The van der Waals surface area contributed by atoms with E-state index in [2.05, 4.69) is 11.4 Å². The summed E-state index contributed by atoms with van der Waals surface area (Å²) in [5.41, 5.74) is 1.49. The van der Waals surface area contributed by atoms with Crippen molar-refractivity contribution in [3.63, 3.8) is 0 Å². The molecule has 0 aromatic heterocycles. The van der Waals surface area contributed by atoms with Crippen molar-refractivity contribution in [3.8, 4) is 11.8 Å².